The van der Waals surface area contributed by atoms with E-state index in [1.807, 2.05) is 0 Å². The van der Waals surface area contributed by atoms with Crippen LogP contribution in [0.15, 0.2) is 6.07 Å². The Balaban J connectivity index is 2.52. The summed E-state index contributed by atoms with van der Waals surface area (Å²) in [6, 6.07) is 1.74. The molecule has 4 heteroatoms. The van der Waals surface area contributed by atoms with Gasteiger partial charge < -0.3 is 4.74 Å². The van der Waals surface area contributed by atoms with Gasteiger partial charge in [0.05, 0.1) is 18.4 Å². The minimum Gasteiger partial charge on any atom is -0.465 e. The lowest BCUT2D eigenvalue weighted by Gasteiger charge is -2.15. The van der Waals surface area contributed by atoms with Gasteiger partial charge in [-0.25, -0.2) is 9.78 Å². The van der Waals surface area contributed by atoms with Gasteiger partial charge in [-0.1, -0.05) is 0 Å². The SMILES string of the molecule is COC(=O)c1cc2c(nc1C)C(=O)CCC2. The first-order valence-electron chi connectivity index (χ1n) is 5.25. The van der Waals surface area contributed by atoms with Crippen LogP contribution in [0.25, 0.3) is 0 Å². The first-order chi connectivity index (χ1) is 7.63. The molecule has 0 aromatic carbocycles. The number of hydrogen-bond acceptors (Lipinski definition) is 4. The number of carbonyl (C=O) groups excluding carboxylic acids is 2. The van der Waals surface area contributed by atoms with Crippen LogP contribution in [0.3, 0.4) is 0 Å². The molecule has 0 radical (unpaired) electrons. The zero-order chi connectivity index (χ0) is 11.7. The second-order valence-corrected chi connectivity index (χ2v) is 3.90. The average Bonchev–Trinajstić information content (AvgIpc) is 2.29. The van der Waals surface area contributed by atoms with Gasteiger partial charge in [0, 0.05) is 6.42 Å². The Hall–Kier alpha value is -1.71. The van der Waals surface area contributed by atoms with Gasteiger partial charge in [-0.05, 0) is 31.4 Å². The Bertz CT molecular complexity index is 466. The molecule has 0 N–H and O–H groups in total. The standard InChI is InChI=1S/C12H13NO3/c1-7-9(12(15)16-2)6-8-4-3-5-10(14)11(8)13-7/h6H,3-5H2,1-2H3. The predicted octanol–water partition coefficient (Wildman–Crippen LogP) is 1.70. The maximum Gasteiger partial charge on any atom is 0.339 e. The number of aromatic nitrogens is 1. The molecule has 1 heterocycles. The van der Waals surface area contributed by atoms with Crippen LogP contribution in [0.4, 0.5) is 0 Å². The van der Waals surface area contributed by atoms with Gasteiger partial charge in [-0.2, -0.15) is 0 Å². The number of esters is 1. The van der Waals surface area contributed by atoms with E-state index in [0.29, 0.717) is 23.4 Å². The lowest BCUT2D eigenvalue weighted by Crippen LogP contribution is -2.17. The summed E-state index contributed by atoms with van der Waals surface area (Å²) < 4.78 is 4.67. The summed E-state index contributed by atoms with van der Waals surface area (Å²) in [6.07, 6.45) is 2.19. The predicted molar refractivity (Wildman–Crippen MR) is 57.6 cm³/mol. The summed E-state index contributed by atoms with van der Waals surface area (Å²) in [5.74, 6) is -0.327. The summed E-state index contributed by atoms with van der Waals surface area (Å²) in [5.41, 5.74) is 2.40. The third-order valence-corrected chi connectivity index (χ3v) is 2.81. The summed E-state index contributed by atoms with van der Waals surface area (Å²) in [5, 5.41) is 0. The van der Waals surface area contributed by atoms with Crippen LogP contribution in [-0.2, 0) is 11.2 Å². The number of nitrogens with zero attached hydrogens (tertiary/aromatic N) is 1. The molecule has 16 heavy (non-hydrogen) atoms. The van der Waals surface area contributed by atoms with Crippen LogP contribution in [-0.4, -0.2) is 23.8 Å². The van der Waals surface area contributed by atoms with Crippen LogP contribution in [0.1, 0.15) is 44.9 Å². The van der Waals surface area contributed by atoms with Crippen LogP contribution < -0.4 is 0 Å². The summed E-state index contributed by atoms with van der Waals surface area (Å²) in [7, 11) is 1.34. The van der Waals surface area contributed by atoms with E-state index in [9.17, 15) is 9.59 Å². The normalized spacial score (nSPS) is 14.5. The molecular weight excluding hydrogens is 206 g/mol. The van der Waals surface area contributed by atoms with Gasteiger partial charge in [-0.15, -0.1) is 0 Å². The maximum atomic E-state index is 11.6. The fourth-order valence-electron chi connectivity index (χ4n) is 1.95. The van der Waals surface area contributed by atoms with Crippen molar-refractivity contribution in [1.82, 2.24) is 4.98 Å². The minimum absolute atomic E-state index is 0.0702. The van der Waals surface area contributed by atoms with Crippen LogP contribution >= 0.6 is 0 Å². The number of pyridine rings is 1. The molecule has 4 nitrogen and oxygen atoms in total. The molecular formula is C12H13NO3. The van der Waals surface area contributed by atoms with Gasteiger partial charge in [-0.3, -0.25) is 4.79 Å². The lowest BCUT2D eigenvalue weighted by atomic mass is 9.93. The van der Waals surface area contributed by atoms with Crippen molar-refractivity contribution < 1.29 is 14.3 Å². The molecule has 1 aromatic heterocycles. The van der Waals surface area contributed by atoms with Crippen molar-refractivity contribution in [3.05, 3.63) is 28.6 Å². The van der Waals surface area contributed by atoms with Gasteiger partial charge in [0.2, 0.25) is 0 Å². The van der Waals surface area contributed by atoms with E-state index in [4.69, 9.17) is 0 Å². The first-order valence-corrected chi connectivity index (χ1v) is 5.25. The van der Waals surface area contributed by atoms with Crippen molar-refractivity contribution in [3.63, 3.8) is 0 Å². The Labute approximate surface area is 93.6 Å². The second kappa shape index (κ2) is 4.04. The molecule has 0 amide bonds. The number of carbonyl (C=O) groups is 2. The van der Waals surface area contributed by atoms with Crippen molar-refractivity contribution >= 4 is 11.8 Å². The van der Waals surface area contributed by atoms with E-state index in [0.717, 1.165) is 18.4 Å². The fraction of sp³-hybridized carbons (Fsp3) is 0.417. The number of hydrogen-bond donors (Lipinski definition) is 0. The molecule has 0 spiro atoms. The number of fused-ring (bicyclic) bond motifs is 1. The Morgan fingerprint density at radius 1 is 1.44 bits per heavy atom. The fourth-order valence-corrected chi connectivity index (χ4v) is 1.95. The lowest BCUT2D eigenvalue weighted by molar-refractivity contribution is 0.0598. The molecule has 0 unspecified atom stereocenters. The third-order valence-electron chi connectivity index (χ3n) is 2.81. The molecule has 0 bridgehead atoms. The Morgan fingerprint density at radius 3 is 2.88 bits per heavy atom. The first kappa shape index (κ1) is 10.8. The molecule has 1 aliphatic rings. The highest BCUT2D eigenvalue weighted by atomic mass is 16.5. The van der Waals surface area contributed by atoms with Gasteiger partial charge >= 0.3 is 5.97 Å². The van der Waals surface area contributed by atoms with Gasteiger partial charge in [0.15, 0.2) is 5.78 Å². The van der Waals surface area contributed by atoms with Gasteiger partial charge in [0.1, 0.15) is 5.69 Å². The van der Waals surface area contributed by atoms with Crippen LogP contribution in [0, 0.1) is 6.92 Å². The topological polar surface area (TPSA) is 56.3 Å². The van der Waals surface area contributed by atoms with E-state index in [1.54, 1.807) is 13.0 Å². The van der Waals surface area contributed by atoms with E-state index in [1.165, 1.54) is 7.11 Å². The Morgan fingerprint density at radius 2 is 2.19 bits per heavy atom. The van der Waals surface area contributed by atoms with Crippen LogP contribution in [0.2, 0.25) is 0 Å². The van der Waals surface area contributed by atoms with Crippen molar-refractivity contribution in [2.24, 2.45) is 0 Å². The molecule has 0 saturated heterocycles. The number of Topliss-reactive ketones (excluding diaryl/α,β-unsaturated/α-hetero) is 1. The molecule has 1 aromatic rings. The molecule has 0 saturated carbocycles. The highest BCUT2D eigenvalue weighted by Gasteiger charge is 2.22. The van der Waals surface area contributed by atoms with E-state index >= 15 is 0 Å². The highest BCUT2D eigenvalue weighted by Crippen LogP contribution is 2.22. The summed E-state index contributed by atoms with van der Waals surface area (Å²) >= 11 is 0. The number of ether oxygens (including phenoxy) is 1. The quantitative estimate of drug-likeness (QED) is 0.674. The highest BCUT2D eigenvalue weighted by molar-refractivity contribution is 5.98. The smallest absolute Gasteiger partial charge is 0.339 e. The average molecular weight is 219 g/mol. The molecule has 0 fully saturated rings. The summed E-state index contributed by atoms with van der Waals surface area (Å²) in [6.45, 7) is 1.72. The zero-order valence-electron chi connectivity index (χ0n) is 9.37. The van der Waals surface area contributed by atoms with E-state index in [2.05, 4.69) is 9.72 Å². The largest absolute Gasteiger partial charge is 0.465 e. The number of methoxy groups -OCH3 is 1. The molecule has 0 atom stereocenters. The molecule has 84 valence electrons. The Kier molecular flexibility index (Phi) is 2.73. The number of rotatable bonds is 1. The van der Waals surface area contributed by atoms with Crippen molar-refractivity contribution in [1.29, 1.82) is 0 Å². The van der Waals surface area contributed by atoms with Crippen molar-refractivity contribution in [2.45, 2.75) is 26.2 Å². The van der Waals surface area contributed by atoms with Crippen LogP contribution in [0.5, 0.6) is 0 Å². The monoisotopic (exact) mass is 219 g/mol. The van der Waals surface area contributed by atoms with E-state index < -0.39 is 5.97 Å². The molecule has 1 aliphatic carbocycles. The minimum atomic E-state index is -0.397. The number of ketones is 1. The van der Waals surface area contributed by atoms with Gasteiger partial charge in [0.25, 0.3) is 0 Å². The van der Waals surface area contributed by atoms with Crippen molar-refractivity contribution in [3.8, 4) is 0 Å². The van der Waals surface area contributed by atoms with E-state index in [-0.39, 0.29) is 5.78 Å². The summed E-state index contributed by atoms with van der Waals surface area (Å²) in [4.78, 5) is 27.3. The molecule has 0 aliphatic heterocycles. The van der Waals surface area contributed by atoms with Crippen molar-refractivity contribution in [2.75, 3.05) is 7.11 Å². The second-order valence-electron chi connectivity index (χ2n) is 3.90. The maximum absolute atomic E-state index is 11.6. The molecule has 2 rings (SSSR count). The third kappa shape index (κ3) is 1.71. The number of aryl methyl sites for hydroxylation is 2. The zero-order valence-corrected chi connectivity index (χ0v) is 9.37.